The Morgan fingerprint density at radius 3 is 2.43 bits per heavy atom. The van der Waals surface area contributed by atoms with Gasteiger partial charge in [-0.25, -0.2) is 0 Å². The van der Waals surface area contributed by atoms with Crippen LogP contribution >= 0.6 is 17.2 Å². The zero-order valence-electron chi connectivity index (χ0n) is 16.7. The van der Waals surface area contributed by atoms with Gasteiger partial charge in [0.15, 0.2) is 0 Å². The molecule has 0 atom stereocenters. The van der Waals surface area contributed by atoms with Crippen molar-refractivity contribution >= 4 is 35.0 Å². The number of fused-ring (bicyclic) bond motifs is 3. The van der Waals surface area contributed by atoms with Crippen molar-refractivity contribution < 1.29 is 18.9 Å². The zero-order valence-corrected chi connectivity index (χ0v) is 23.3. The first-order valence-electron chi connectivity index (χ1n) is 10.4. The molecular formula is C22H29Cl2HfNOSi. The number of hydrogen-bond acceptors (Lipinski definition) is 1. The van der Waals surface area contributed by atoms with E-state index in [9.17, 15) is 4.79 Å². The number of benzene rings is 2. The predicted octanol–water partition coefficient (Wildman–Crippen LogP) is 5.21. The summed E-state index contributed by atoms with van der Waals surface area (Å²) >= 11 is -4.95. The molecule has 0 heterocycles. The zero-order chi connectivity index (χ0) is 20.1. The summed E-state index contributed by atoms with van der Waals surface area (Å²) in [5.41, 5.74) is 5.36. The molecule has 0 unspecified atom stereocenters. The Hall–Kier alpha value is -0.423. The summed E-state index contributed by atoms with van der Waals surface area (Å²) in [5, 5.41) is 1.31. The van der Waals surface area contributed by atoms with Gasteiger partial charge in [0.2, 0.25) is 0 Å². The Balaban J connectivity index is 1.63. The standard InChI is InChI=1S/C13H11Si.C7H13NO.2CH3.2ClH.Hf/c14-13-7-3-6-11-10-5-2-1-4-9(10)8-12(11)13;8-7(9)6-4-2-1-3-5-6;;;;;/h1-7H,8,14H2;6H,1-5H2,(H2,8,9);2*1H3;2*1H;/q;;;;;;+3/p-3. The van der Waals surface area contributed by atoms with Crippen molar-refractivity contribution in [3.05, 3.63) is 53.6 Å². The number of rotatable bonds is 4. The topological polar surface area (TPSA) is 29.1 Å². The third-order valence-corrected chi connectivity index (χ3v) is 38.5. The second-order valence-corrected chi connectivity index (χ2v) is 90.6. The van der Waals surface area contributed by atoms with Gasteiger partial charge in [0.05, 0.1) is 0 Å². The molecule has 4 rings (SSSR count). The number of amides is 1. The van der Waals surface area contributed by atoms with Crippen LogP contribution in [-0.2, 0) is 25.3 Å². The molecule has 0 aromatic heterocycles. The minimum atomic E-state index is -4.95. The number of carbonyl (C=O) groups excluding carboxylic acids is 1. The average Bonchev–Trinajstić information content (AvgIpc) is 3.01. The number of hydrogen-bond donors (Lipinski definition) is 1. The summed E-state index contributed by atoms with van der Waals surface area (Å²) in [6.45, 7) is -1.08. The Morgan fingerprint density at radius 1 is 1.00 bits per heavy atom. The molecule has 2 aromatic carbocycles. The van der Waals surface area contributed by atoms with Crippen molar-refractivity contribution in [2.45, 2.75) is 47.9 Å². The first kappa shape index (κ1) is 20.8. The van der Waals surface area contributed by atoms with Gasteiger partial charge in [-0.3, -0.25) is 0 Å². The van der Waals surface area contributed by atoms with E-state index in [1.165, 1.54) is 33.9 Å². The molecule has 150 valence electrons. The van der Waals surface area contributed by atoms with Crippen LogP contribution in [0.25, 0.3) is 11.1 Å². The molecule has 28 heavy (non-hydrogen) atoms. The van der Waals surface area contributed by atoms with Gasteiger partial charge in [-0.05, 0) is 0 Å². The molecule has 2 aromatic rings. The first-order valence-corrected chi connectivity index (χ1v) is 37.3. The molecule has 1 fully saturated rings. The molecular weight excluding hydrogens is 572 g/mol. The van der Waals surface area contributed by atoms with E-state index in [4.69, 9.17) is 17.2 Å². The van der Waals surface area contributed by atoms with E-state index in [1.54, 1.807) is 0 Å². The van der Waals surface area contributed by atoms with Gasteiger partial charge in [-0.2, -0.15) is 0 Å². The van der Waals surface area contributed by atoms with Gasteiger partial charge in [0.1, 0.15) is 0 Å². The van der Waals surface area contributed by atoms with Crippen LogP contribution in [0.4, 0.5) is 0 Å². The number of carbonyl (C=O) groups is 1. The van der Waals surface area contributed by atoms with Crippen molar-refractivity contribution in [1.29, 1.82) is 0 Å². The fraction of sp³-hybridized carbons (Fsp3) is 0.409. The maximum atomic E-state index is 13.0. The van der Waals surface area contributed by atoms with Crippen LogP contribution in [0.3, 0.4) is 0 Å². The van der Waals surface area contributed by atoms with E-state index < -0.39 is 20.8 Å². The monoisotopic (exact) mass is 601 g/mol. The molecule has 0 radical (unpaired) electrons. The summed E-state index contributed by atoms with van der Waals surface area (Å²) in [7, 11) is 14.6. The molecule has 2 aliphatic rings. The number of halogens is 2. The number of nitrogens with one attached hydrogen (secondary N) is 1. The van der Waals surface area contributed by atoms with Crippen molar-refractivity contribution in [2.24, 2.45) is 5.92 Å². The molecule has 0 saturated heterocycles. The van der Waals surface area contributed by atoms with Gasteiger partial charge < -0.3 is 0 Å². The molecule has 0 aliphatic heterocycles. The van der Waals surface area contributed by atoms with Crippen LogP contribution in [0.5, 0.6) is 0 Å². The van der Waals surface area contributed by atoms with Gasteiger partial charge >= 0.3 is 176 Å². The van der Waals surface area contributed by atoms with Gasteiger partial charge in [-0.1, -0.05) is 0 Å². The fourth-order valence-corrected chi connectivity index (χ4v) is 38.8. The van der Waals surface area contributed by atoms with E-state index in [1.807, 2.05) is 9.36 Å². The van der Waals surface area contributed by atoms with E-state index in [2.05, 4.69) is 45.8 Å². The van der Waals surface area contributed by atoms with E-state index in [-0.39, 0.29) is 11.8 Å². The van der Waals surface area contributed by atoms with Gasteiger partial charge in [0, 0.05) is 0 Å². The van der Waals surface area contributed by atoms with Crippen LogP contribution in [0, 0.1) is 5.92 Å². The van der Waals surface area contributed by atoms with Crippen molar-refractivity contribution in [3.8, 4) is 11.1 Å². The SMILES string of the molecule is [CH3][Hf]([CH3])([Cl])([Cl])([NH]C(=O)C1CCCCC1)[SiH2]c1cccc2c1Cc1ccccc1-2. The van der Waals surface area contributed by atoms with Gasteiger partial charge in [0.25, 0.3) is 0 Å². The van der Waals surface area contributed by atoms with Crippen LogP contribution in [-0.4, -0.2) is 12.6 Å². The van der Waals surface area contributed by atoms with Gasteiger partial charge in [-0.15, -0.1) is 0 Å². The Labute approximate surface area is 174 Å². The van der Waals surface area contributed by atoms with Crippen LogP contribution in [0.2, 0.25) is 9.36 Å². The third-order valence-electron chi connectivity index (χ3n) is 6.25. The maximum absolute atomic E-state index is 13.0. The summed E-state index contributed by atoms with van der Waals surface area (Å²) in [5.74, 6) is 0.176. The fourth-order valence-electron chi connectivity index (χ4n) is 4.95. The van der Waals surface area contributed by atoms with E-state index >= 15 is 0 Å². The van der Waals surface area contributed by atoms with Crippen LogP contribution < -0.4 is 8.49 Å². The first-order chi connectivity index (χ1) is 13.0. The molecule has 2 aliphatic carbocycles. The Morgan fingerprint density at radius 2 is 1.68 bits per heavy atom. The molecule has 0 spiro atoms. The minimum absolute atomic E-state index is 0.0795. The van der Waals surface area contributed by atoms with Crippen LogP contribution in [0.1, 0.15) is 43.2 Å². The van der Waals surface area contributed by atoms with Crippen molar-refractivity contribution in [3.63, 3.8) is 0 Å². The van der Waals surface area contributed by atoms with Crippen LogP contribution in [0.15, 0.2) is 42.5 Å². The molecule has 6 heteroatoms. The van der Waals surface area contributed by atoms with E-state index in [0.717, 1.165) is 32.1 Å². The Bertz CT molecular complexity index is 947. The van der Waals surface area contributed by atoms with Crippen molar-refractivity contribution in [1.82, 2.24) is 3.30 Å². The third kappa shape index (κ3) is 4.50. The summed E-state index contributed by atoms with van der Waals surface area (Å²) in [4.78, 5) is 13.0. The normalized spacial score (nSPS) is 19.7. The summed E-state index contributed by atoms with van der Waals surface area (Å²) in [6, 6.07) is 15.1. The molecule has 2 nitrogen and oxygen atoms in total. The molecule has 1 N–H and O–H groups in total. The summed E-state index contributed by atoms with van der Waals surface area (Å²) in [6.07, 6.45) is 6.36. The predicted molar refractivity (Wildman–Crippen MR) is 121 cm³/mol. The second kappa shape index (κ2) is 6.80. The Kier molecular flexibility index (Phi) is 5.06. The second-order valence-electron chi connectivity index (χ2n) is 9.95. The summed E-state index contributed by atoms with van der Waals surface area (Å²) < 4.78 is 7.32. The van der Waals surface area contributed by atoms with Crippen molar-refractivity contribution in [2.75, 3.05) is 0 Å². The van der Waals surface area contributed by atoms with E-state index in [0.29, 0.717) is 0 Å². The quantitative estimate of drug-likeness (QED) is 0.410. The molecule has 1 amide bonds. The average molecular weight is 601 g/mol. The molecule has 1 saturated carbocycles. The molecule has 0 bridgehead atoms.